The van der Waals surface area contributed by atoms with Gasteiger partial charge in [-0.25, -0.2) is 4.98 Å². The molecule has 0 bridgehead atoms. The van der Waals surface area contributed by atoms with E-state index >= 15 is 0 Å². The summed E-state index contributed by atoms with van der Waals surface area (Å²) < 4.78 is 0. The topological polar surface area (TPSA) is 53.4 Å². The van der Waals surface area contributed by atoms with Crippen molar-refractivity contribution in [3.63, 3.8) is 0 Å². The molecule has 1 aliphatic heterocycles. The number of rotatable bonds is 5. The van der Waals surface area contributed by atoms with Gasteiger partial charge in [-0.2, -0.15) is 0 Å². The standard InChI is InChI=1S/C15H24N2O2S/c1-10(2)6-14-16-7-13(20-14)9-17-8-12(15(18)19)5-4-11(17)3/h7,10-12H,4-6,8-9H2,1-3H3,(H,18,19). The first kappa shape index (κ1) is 15.4. The van der Waals surface area contributed by atoms with Gasteiger partial charge in [0.25, 0.3) is 0 Å². The van der Waals surface area contributed by atoms with Crippen molar-refractivity contribution in [1.82, 2.24) is 9.88 Å². The average molecular weight is 296 g/mol. The van der Waals surface area contributed by atoms with Crippen molar-refractivity contribution < 1.29 is 9.90 Å². The first-order valence-electron chi connectivity index (χ1n) is 7.36. The third-order valence-electron chi connectivity index (χ3n) is 3.90. The fourth-order valence-electron chi connectivity index (χ4n) is 2.67. The molecular formula is C15H24N2O2S. The molecule has 1 fully saturated rings. The van der Waals surface area contributed by atoms with Gasteiger partial charge in [0.05, 0.1) is 10.9 Å². The zero-order chi connectivity index (χ0) is 14.7. The van der Waals surface area contributed by atoms with Crippen LogP contribution in [0, 0.1) is 11.8 Å². The summed E-state index contributed by atoms with van der Waals surface area (Å²) in [5.74, 6) is -0.250. The SMILES string of the molecule is CC(C)Cc1ncc(CN2CC(C(=O)O)CCC2C)s1. The zero-order valence-corrected chi connectivity index (χ0v) is 13.3. The number of thiazole rings is 1. The Morgan fingerprint density at radius 3 is 2.95 bits per heavy atom. The molecule has 1 N–H and O–H groups in total. The maximum Gasteiger partial charge on any atom is 0.307 e. The van der Waals surface area contributed by atoms with Gasteiger partial charge in [0.2, 0.25) is 0 Å². The second-order valence-corrected chi connectivity index (χ2v) is 7.41. The number of carbonyl (C=O) groups is 1. The van der Waals surface area contributed by atoms with Gasteiger partial charge in [-0.1, -0.05) is 13.8 Å². The molecular weight excluding hydrogens is 272 g/mol. The van der Waals surface area contributed by atoms with Crippen LogP contribution in [-0.2, 0) is 17.8 Å². The summed E-state index contributed by atoms with van der Waals surface area (Å²) in [4.78, 5) is 19.2. The third-order valence-corrected chi connectivity index (χ3v) is 4.91. The van der Waals surface area contributed by atoms with E-state index in [9.17, 15) is 9.90 Å². The van der Waals surface area contributed by atoms with Crippen molar-refractivity contribution >= 4 is 17.3 Å². The van der Waals surface area contributed by atoms with E-state index in [1.807, 2.05) is 6.20 Å². The van der Waals surface area contributed by atoms with E-state index in [1.165, 1.54) is 9.88 Å². The molecule has 1 aromatic rings. The smallest absolute Gasteiger partial charge is 0.307 e. The van der Waals surface area contributed by atoms with Gasteiger partial charge in [0, 0.05) is 36.6 Å². The van der Waals surface area contributed by atoms with Crippen LogP contribution in [0.25, 0.3) is 0 Å². The lowest BCUT2D eigenvalue weighted by molar-refractivity contribution is -0.144. The summed E-state index contributed by atoms with van der Waals surface area (Å²) in [6, 6.07) is 0.459. The Bertz CT molecular complexity index is 458. The Labute approximate surface area is 124 Å². The van der Waals surface area contributed by atoms with Crippen molar-refractivity contribution in [3.05, 3.63) is 16.1 Å². The number of carboxylic acids is 1. The molecule has 0 spiro atoms. The molecule has 4 nitrogen and oxygen atoms in total. The van der Waals surface area contributed by atoms with E-state index in [2.05, 4.69) is 30.7 Å². The Hall–Kier alpha value is -0.940. The van der Waals surface area contributed by atoms with Gasteiger partial charge in [-0.15, -0.1) is 11.3 Å². The second-order valence-electron chi connectivity index (χ2n) is 6.21. The monoisotopic (exact) mass is 296 g/mol. The number of hydrogen-bond acceptors (Lipinski definition) is 4. The van der Waals surface area contributed by atoms with Gasteiger partial charge in [0.15, 0.2) is 0 Å². The summed E-state index contributed by atoms with van der Waals surface area (Å²) in [6.07, 6.45) is 4.75. The van der Waals surface area contributed by atoms with Crippen LogP contribution in [0.3, 0.4) is 0 Å². The van der Waals surface area contributed by atoms with E-state index in [0.717, 1.165) is 25.8 Å². The van der Waals surface area contributed by atoms with E-state index < -0.39 is 5.97 Å². The number of aliphatic carboxylic acids is 1. The summed E-state index contributed by atoms with van der Waals surface area (Å²) in [5, 5.41) is 10.4. The summed E-state index contributed by atoms with van der Waals surface area (Å²) >= 11 is 1.77. The highest BCUT2D eigenvalue weighted by atomic mass is 32.1. The molecule has 2 heterocycles. The lowest BCUT2D eigenvalue weighted by Gasteiger charge is -2.36. The van der Waals surface area contributed by atoms with E-state index in [1.54, 1.807) is 11.3 Å². The van der Waals surface area contributed by atoms with Crippen LogP contribution in [0.5, 0.6) is 0 Å². The summed E-state index contributed by atoms with van der Waals surface area (Å²) in [6.45, 7) is 8.08. The first-order valence-corrected chi connectivity index (χ1v) is 8.17. The predicted molar refractivity (Wildman–Crippen MR) is 80.9 cm³/mol. The van der Waals surface area contributed by atoms with Gasteiger partial charge >= 0.3 is 5.97 Å². The molecule has 1 aliphatic rings. The van der Waals surface area contributed by atoms with Crippen molar-refractivity contribution in [3.8, 4) is 0 Å². The van der Waals surface area contributed by atoms with Crippen LogP contribution in [0.15, 0.2) is 6.20 Å². The third kappa shape index (κ3) is 4.03. The van der Waals surface area contributed by atoms with Crippen LogP contribution >= 0.6 is 11.3 Å². The Morgan fingerprint density at radius 1 is 1.55 bits per heavy atom. The molecule has 0 saturated carbocycles. The van der Waals surface area contributed by atoms with Crippen molar-refractivity contribution in [2.24, 2.45) is 11.8 Å². The minimum atomic E-state index is -0.660. The van der Waals surface area contributed by atoms with E-state index in [4.69, 9.17) is 0 Å². The molecule has 0 aromatic carbocycles. The minimum Gasteiger partial charge on any atom is -0.481 e. The lowest BCUT2D eigenvalue weighted by atomic mass is 9.93. The number of carboxylic acid groups (broad SMARTS) is 1. The fourth-order valence-corrected chi connectivity index (χ4v) is 3.83. The van der Waals surface area contributed by atoms with Crippen molar-refractivity contribution in [2.75, 3.05) is 6.54 Å². The molecule has 2 rings (SSSR count). The first-order chi connectivity index (χ1) is 9.45. The molecule has 1 aromatic heterocycles. The molecule has 5 heteroatoms. The molecule has 1 saturated heterocycles. The summed E-state index contributed by atoms with van der Waals surface area (Å²) in [5.41, 5.74) is 0. The number of nitrogens with zero attached hydrogens (tertiary/aromatic N) is 2. The van der Waals surface area contributed by atoms with Gasteiger partial charge < -0.3 is 5.11 Å². The van der Waals surface area contributed by atoms with Crippen LogP contribution in [0.1, 0.15) is 43.5 Å². The maximum absolute atomic E-state index is 11.1. The molecule has 0 amide bonds. The zero-order valence-electron chi connectivity index (χ0n) is 12.5. The highest BCUT2D eigenvalue weighted by Crippen LogP contribution is 2.26. The average Bonchev–Trinajstić information content (AvgIpc) is 2.78. The Balaban J connectivity index is 1.97. The summed E-state index contributed by atoms with van der Waals surface area (Å²) in [7, 11) is 0. The Kier molecular flexibility index (Phi) is 5.16. The minimum absolute atomic E-state index is 0.214. The van der Waals surface area contributed by atoms with Gasteiger partial charge in [0.1, 0.15) is 0 Å². The van der Waals surface area contributed by atoms with Gasteiger partial charge in [-0.3, -0.25) is 9.69 Å². The predicted octanol–water partition coefficient (Wildman–Crippen LogP) is 3.03. The molecule has 0 aliphatic carbocycles. The highest BCUT2D eigenvalue weighted by Gasteiger charge is 2.29. The lowest BCUT2D eigenvalue weighted by Crippen LogP contribution is -2.43. The van der Waals surface area contributed by atoms with Crippen LogP contribution in [-0.4, -0.2) is 33.5 Å². The van der Waals surface area contributed by atoms with Crippen LogP contribution < -0.4 is 0 Å². The number of aromatic nitrogens is 1. The normalized spacial score (nSPS) is 24.2. The molecule has 112 valence electrons. The molecule has 2 unspecified atom stereocenters. The molecule has 20 heavy (non-hydrogen) atoms. The van der Waals surface area contributed by atoms with Crippen molar-refractivity contribution in [2.45, 2.75) is 52.6 Å². The molecule has 2 atom stereocenters. The molecule has 0 radical (unpaired) electrons. The van der Waals surface area contributed by atoms with Crippen LogP contribution in [0.4, 0.5) is 0 Å². The largest absolute Gasteiger partial charge is 0.481 e. The van der Waals surface area contributed by atoms with E-state index in [-0.39, 0.29) is 5.92 Å². The number of likely N-dealkylation sites (tertiary alicyclic amines) is 1. The maximum atomic E-state index is 11.1. The number of hydrogen-bond donors (Lipinski definition) is 1. The fraction of sp³-hybridized carbons (Fsp3) is 0.733. The quantitative estimate of drug-likeness (QED) is 0.907. The van der Waals surface area contributed by atoms with Crippen LogP contribution in [0.2, 0.25) is 0 Å². The number of piperidine rings is 1. The highest BCUT2D eigenvalue weighted by molar-refractivity contribution is 7.11. The van der Waals surface area contributed by atoms with Gasteiger partial charge in [-0.05, 0) is 25.7 Å². The van der Waals surface area contributed by atoms with E-state index in [0.29, 0.717) is 18.5 Å². The second kappa shape index (κ2) is 6.68. The Morgan fingerprint density at radius 2 is 2.30 bits per heavy atom. The van der Waals surface area contributed by atoms with Crippen molar-refractivity contribution in [1.29, 1.82) is 0 Å².